The first-order chi connectivity index (χ1) is 19.5. The Morgan fingerprint density at radius 2 is 1.83 bits per heavy atom. The number of rotatable bonds is 7. The van der Waals surface area contributed by atoms with Gasteiger partial charge in [0, 0.05) is 50.7 Å². The minimum atomic E-state index is 0.0528. The van der Waals surface area contributed by atoms with Crippen molar-refractivity contribution in [1.82, 2.24) is 29.7 Å². The monoisotopic (exact) mass is 563 g/mol. The minimum Gasteiger partial charge on any atom is -0.351 e. The molecular weight excluding hydrogens is 514 g/mol. The predicted octanol–water partition coefficient (Wildman–Crippen LogP) is 5.41. The van der Waals surface area contributed by atoms with Crippen LogP contribution in [0.5, 0.6) is 0 Å². The summed E-state index contributed by atoms with van der Waals surface area (Å²) in [5, 5.41) is 3.12. The van der Waals surface area contributed by atoms with E-state index in [0.29, 0.717) is 23.2 Å². The number of likely N-dealkylation sites (tertiary alicyclic amines) is 1. The molecule has 2 aromatic heterocycles. The molecule has 0 spiro atoms. The van der Waals surface area contributed by atoms with Crippen LogP contribution in [0.15, 0.2) is 30.1 Å². The standard InChI is InChI=1S/C23H30N6O.C6H12.C3H7NO/c1-6-15(2)9-18-12-25-22(26-16(18)3)27-20-8-7-17(11-24-20)21(30)29-13-19-10-23(19,14-29)28(4)5;1-6-4-2-3-5-6;1-4(2)3-5/h7-9,11-12,19H,6,10,13-14H2,1-5H3,(H,24,25,26,27);6H,2-5H2,1H3;3H,1-2H3/b15-9+;;. The Balaban J connectivity index is 0.000000353. The lowest BCUT2D eigenvalue weighted by atomic mass is 10.1. The Morgan fingerprint density at radius 3 is 2.29 bits per heavy atom. The van der Waals surface area contributed by atoms with E-state index < -0.39 is 0 Å². The van der Waals surface area contributed by atoms with Crippen LogP contribution in [0.4, 0.5) is 11.8 Å². The summed E-state index contributed by atoms with van der Waals surface area (Å²) >= 11 is 0. The second-order valence-electron chi connectivity index (χ2n) is 12.2. The number of likely N-dealkylation sites (N-methyl/N-ethyl adjacent to an activating group) is 1. The van der Waals surface area contributed by atoms with Crippen LogP contribution in [0, 0.1) is 18.8 Å². The van der Waals surface area contributed by atoms with Gasteiger partial charge in [0.05, 0.1) is 11.3 Å². The Labute approximate surface area is 246 Å². The summed E-state index contributed by atoms with van der Waals surface area (Å²) in [5.74, 6) is 2.82. The molecule has 2 aliphatic carbocycles. The van der Waals surface area contributed by atoms with Gasteiger partial charge in [-0.25, -0.2) is 15.0 Å². The first-order valence-electron chi connectivity index (χ1n) is 14.8. The fourth-order valence-electron chi connectivity index (χ4n) is 5.37. The molecule has 1 aliphatic heterocycles. The number of aryl methyl sites for hydroxylation is 1. The third-order valence-electron chi connectivity index (χ3n) is 8.36. The van der Waals surface area contributed by atoms with Crippen molar-refractivity contribution in [2.24, 2.45) is 11.8 Å². The molecule has 0 bridgehead atoms. The predicted molar refractivity (Wildman–Crippen MR) is 166 cm³/mol. The van der Waals surface area contributed by atoms with Crippen LogP contribution >= 0.6 is 0 Å². The molecule has 2 unspecified atom stereocenters. The van der Waals surface area contributed by atoms with Gasteiger partial charge in [-0.3, -0.25) is 9.59 Å². The number of fused-ring (bicyclic) bond motifs is 1. The Morgan fingerprint density at radius 1 is 1.15 bits per heavy atom. The number of nitrogens with one attached hydrogen (secondary N) is 1. The van der Waals surface area contributed by atoms with E-state index >= 15 is 0 Å². The van der Waals surface area contributed by atoms with E-state index in [1.807, 2.05) is 24.1 Å². The molecule has 224 valence electrons. The van der Waals surface area contributed by atoms with Crippen molar-refractivity contribution in [1.29, 1.82) is 0 Å². The minimum absolute atomic E-state index is 0.0528. The van der Waals surface area contributed by atoms with Gasteiger partial charge in [-0.15, -0.1) is 0 Å². The quantitative estimate of drug-likeness (QED) is 0.450. The summed E-state index contributed by atoms with van der Waals surface area (Å²) in [7, 11) is 7.58. The number of piperidine rings is 1. The van der Waals surface area contributed by atoms with E-state index in [0.717, 1.165) is 43.1 Å². The van der Waals surface area contributed by atoms with Crippen molar-refractivity contribution in [2.45, 2.75) is 71.8 Å². The molecule has 3 heterocycles. The highest BCUT2D eigenvalue weighted by atomic mass is 16.2. The topological polar surface area (TPSA) is 94.6 Å². The van der Waals surface area contributed by atoms with Crippen molar-refractivity contribution in [3.63, 3.8) is 0 Å². The molecule has 2 aromatic rings. The van der Waals surface area contributed by atoms with Crippen molar-refractivity contribution in [3.8, 4) is 0 Å². The lowest BCUT2D eigenvalue weighted by Gasteiger charge is -2.25. The Bertz CT molecular complexity index is 1190. The number of aromatic nitrogens is 3. The molecular formula is C32H49N7O2. The molecule has 0 aromatic carbocycles. The first-order valence-corrected chi connectivity index (χ1v) is 14.8. The number of anilines is 2. The van der Waals surface area contributed by atoms with Gasteiger partial charge in [0.25, 0.3) is 5.91 Å². The van der Waals surface area contributed by atoms with Crippen LogP contribution < -0.4 is 5.32 Å². The number of allylic oxidation sites excluding steroid dienone is 1. The lowest BCUT2D eigenvalue weighted by molar-refractivity contribution is -0.115. The third-order valence-corrected chi connectivity index (χ3v) is 8.36. The molecule has 2 atom stereocenters. The zero-order chi connectivity index (χ0) is 30.2. The van der Waals surface area contributed by atoms with Crippen LogP contribution in [0.1, 0.15) is 80.9 Å². The molecule has 2 amide bonds. The average molecular weight is 564 g/mol. The number of hydrogen-bond acceptors (Lipinski definition) is 7. The number of carbonyl (C=O) groups excluding carboxylic acids is 2. The fraction of sp³-hybridized carbons (Fsp3) is 0.594. The number of hydrogen-bond donors (Lipinski definition) is 1. The SMILES string of the molecule is CC/C(C)=C/c1cnc(Nc2ccc(C(=O)N3CC4CC4(N(C)C)C3)cn2)nc1C.CC1CCCC1.CN(C)C=O. The van der Waals surface area contributed by atoms with Gasteiger partial charge in [-0.2, -0.15) is 0 Å². The number of amides is 2. The van der Waals surface area contributed by atoms with E-state index in [-0.39, 0.29) is 11.4 Å². The van der Waals surface area contributed by atoms with Gasteiger partial charge >= 0.3 is 0 Å². The highest BCUT2D eigenvalue weighted by Crippen LogP contribution is 2.52. The Hall–Kier alpha value is -3.33. The number of nitrogens with zero attached hydrogens (tertiary/aromatic N) is 6. The summed E-state index contributed by atoms with van der Waals surface area (Å²) in [6.07, 6.45) is 14.5. The molecule has 9 heteroatoms. The Kier molecular flexibility index (Phi) is 11.4. The summed E-state index contributed by atoms with van der Waals surface area (Å²) in [6, 6.07) is 3.62. The van der Waals surface area contributed by atoms with Crippen LogP contribution in [0.3, 0.4) is 0 Å². The second-order valence-corrected chi connectivity index (χ2v) is 12.2. The van der Waals surface area contributed by atoms with Gasteiger partial charge in [0.2, 0.25) is 12.4 Å². The zero-order valence-corrected chi connectivity index (χ0v) is 26.3. The van der Waals surface area contributed by atoms with Gasteiger partial charge in [0.15, 0.2) is 0 Å². The van der Waals surface area contributed by atoms with Gasteiger partial charge in [-0.05, 0) is 64.8 Å². The second kappa shape index (κ2) is 14.5. The maximum Gasteiger partial charge on any atom is 0.255 e. The lowest BCUT2D eigenvalue weighted by Crippen LogP contribution is -2.39. The van der Waals surface area contributed by atoms with Crippen LogP contribution in [-0.4, -0.2) is 88.8 Å². The molecule has 2 saturated carbocycles. The third kappa shape index (κ3) is 8.83. The van der Waals surface area contributed by atoms with E-state index in [2.05, 4.69) is 66.1 Å². The summed E-state index contributed by atoms with van der Waals surface area (Å²) in [4.78, 5) is 41.3. The molecule has 9 nitrogen and oxygen atoms in total. The van der Waals surface area contributed by atoms with E-state index in [1.165, 1.54) is 42.6 Å². The number of pyridine rings is 1. The van der Waals surface area contributed by atoms with Crippen molar-refractivity contribution in [3.05, 3.63) is 46.9 Å². The normalized spacial score (nSPS) is 21.3. The fourth-order valence-corrected chi connectivity index (χ4v) is 5.37. The molecule has 5 rings (SSSR count). The highest BCUT2D eigenvalue weighted by molar-refractivity contribution is 5.94. The van der Waals surface area contributed by atoms with Crippen molar-refractivity contribution in [2.75, 3.05) is 46.6 Å². The highest BCUT2D eigenvalue weighted by Gasteiger charge is 2.62. The summed E-state index contributed by atoms with van der Waals surface area (Å²) in [5.41, 5.74) is 4.03. The molecule has 41 heavy (non-hydrogen) atoms. The summed E-state index contributed by atoms with van der Waals surface area (Å²) in [6.45, 7) is 10.2. The maximum absolute atomic E-state index is 12.9. The van der Waals surface area contributed by atoms with Crippen LogP contribution in [0.25, 0.3) is 6.08 Å². The van der Waals surface area contributed by atoms with Crippen LogP contribution in [-0.2, 0) is 4.79 Å². The van der Waals surface area contributed by atoms with Crippen molar-refractivity contribution < 1.29 is 9.59 Å². The summed E-state index contributed by atoms with van der Waals surface area (Å²) < 4.78 is 0. The zero-order valence-electron chi connectivity index (χ0n) is 26.3. The smallest absolute Gasteiger partial charge is 0.255 e. The van der Waals surface area contributed by atoms with Gasteiger partial charge < -0.3 is 20.0 Å². The molecule has 3 aliphatic rings. The molecule has 1 N–H and O–H groups in total. The number of carbonyl (C=O) groups is 2. The molecule has 1 saturated heterocycles. The maximum atomic E-state index is 12.9. The first kappa shape index (κ1) is 32.2. The van der Waals surface area contributed by atoms with E-state index in [1.54, 1.807) is 26.4 Å². The molecule has 0 radical (unpaired) electrons. The van der Waals surface area contributed by atoms with Crippen molar-refractivity contribution >= 4 is 30.2 Å². The van der Waals surface area contributed by atoms with Crippen LogP contribution in [0.2, 0.25) is 0 Å². The largest absolute Gasteiger partial charge is 0.351 e. The van der Waals surface area contributed by atoms with E-state index in [4.69, 9.17) is 0 Å². The van der Waals surface area contributed by atoms with Gasteiger partial charge in [-0.1, -0.05) is 51.2 Å². The average Bonchev–Trinajstić information content (AvgIpc) is 3.24. The van der Waals surface area contributed by atoms with E-state index in [9.17, 15) is 9.59 Å². The molecule has 3 fully saturated rings. The van der Waals surface area contributed by atoms with Gasteiger partial charge in [0.1, 0.15) is 5.82 Å².